The number of benzene rings is 1. The Kier molecular flexibility index (Phi) is 3.95. The van der Waals surface area contributed by atoms with E-state index < -0.39 is 17.1 Å². The largest absolute Gasteiger partial charge is 0.488 e. The van der Waals surface area contributed by atoms with Gasteiger partial charge in [-0.2, -0.15) is 0 Å². The molecule has 0 aliphatic carbocycles. The fourth-order valence-electron chi connectivity index (χ4n) is 1.28. The maximum absolute atomic E-state index is 11.3. The van der Waals surface area contributed by atoms with Crippen molar-refractivity contribution in [2.24, 2.45) is 0 Å². The highest BCUT2D eigenvalue weighted by molar-refractivity contribution is 7.92. The second-order valence-electron chi connectivity index (χ2n) is 3.45. The minimum atomic E-state index is -3.30. The molecule has 7 heteroatoms. The third-order valence-corrected chi connectivity index (χ3v) is 3.51. The van der Waals surface area contributed by atoms with Crippen LogP contribution in [0.4, 0.5) is 5.69 Å². The van der Waals surface area contributed by atoms with Crippen molar-refractivity contribution in [1.29, 1.82) is 0 Å². The van der Waals surface area contributed by atoms with Crippen molar-refractivity contribution in [2.45, 2.75) is 13.8 Å². The van der Waals surface area contributed by atoms with Gasteiger partial charge in [0.25, 0.3) is 0 Å². The van der Waals surface area contributed by atoms with Crippen molar-refractivity contribution in [2.75, 3.05) is 10.5 Å². The smallest absolute Gasteiger partial charge is 0.423 e. The first kappa shape index (κ1) is 13.0. The number of rotatable bonds is 4. The van der Waals surface area contributed by atoms with Crippen molar-refractivity contribution in [1.82, 2.24) is 0 Å². The Hall–Kier alpha value is -1.05. The number of hydrogen-bond donors (Lipinski definition) is 3. The molecule has 0 aromatic heterocycles. The average molecular weight is 243 g/mol. The lowest BCUT2D eigenvalue weighted by molar-refractivity contribution is 0.425. The highest BCUT2D eigenvalue weighted by atomic mass is 32.2. The van der Waals surface area contributed by atoms with Crippen LogP contribution in [0, 0.1) is 6.92 Å². The first-order valence-corrected chi connectivity index (χ1v) is 6.48. The lowest BCUT2D eigenvalue weighted by atomic mass is 9.77. The lowest BCUT2D eigenvalue weighted by Crippen LogP contribution is -2.32. The fraction of sp³-hybridized carbons (Fsp3) is 0.333. The Morgan fingerprint density at radius 1 is 1.38 bits per heavy atom. The van der Waals surface area contributed by atoms with E-state index in [4.69, 9.17) is 10.0 Å². The van der Waals surface area contributed by atoms with Gasteiger partial charge in [0.2, 0.25) is 10.0 Å². The summed E-state index contributed by atoms with van der Waals surface area (Å²) in [4.78, 5) is 0. The zero-order valence-electron chi connectivity index (χ0n) is 9.14. The molecule has 0 heterocycles. The Labute approximate surface area is 95.3 Å². The van der Waals surface area contributed by atoms with E-state index in [1.165, 1.54) is 12.1 Å². The van der Waals surface area contributed by atoms with Crippen LogP contribution >= 0.6 is 0 Å². The molecule has 0 fully saturated rings. The second kappa shape index (κ2) is 4.86. The molecule has 0 atom stereocenters. The molecule has 0 radical (unpaired) electrons. The number of sulfonamides is 1. The first-order valence-electron chi connectivity index (χ1n) is 4.83. The molecule has 1 aromatic carbocycles. The van der Waals surface area contributed by atoms with Gasteiger partial charge in [0.15, 0.2) is 0 Å². The van der Waals surface area contributed by atoms with Gasteiger partial charge in [0.05, 0.1) is 5.75 Å². The van der Waals surface area contributed by atoms with Gasteiger partial charge in [0, 0.05) is 5.69 Å². The number of hydrogen-bond acceptors (Lipinski definition) is 4. The Morgan fingerprint density at radius 3 is 2.44 bits per heavy atom. The SMILES string of the molecule is CCS(=O)(=O)Nc1ccc(B(O)O)c(C)c1. The molecule has 0 unspecified atom stereocenters. The number of aryl methyl sites for hydroxylation is 1. The van der Waals surface area contributed by atoms with E-state index in [-0.39, 0.29) is 5.75 Å². The maximum atomic E-state index is 11.3. The van der Waals surface area contributed by atoms with Crippen LogP contribution < -0.4 is 10.2 Å². The molecule has 0 bridgehead atoms. The Bertz CT molecular complexity index is 472. The van der Waals surface area contributed by atoms with Crippen LogP contribution in [-0.2, 0) is 10.0 Å². The molecule has 0 amide bonds. The molecule has 3 N–H and O–H groups in total. The normalized spacial score (nSPS) is 11.2. The molecule has 5 nitrogen and oxygen atoms in total. The van der Waals surface area contributed by atoms with Crippen LogP contribution in [0.2, 0.25) is 0 Å². The molecule has 0 aliphatic heterocycles. The molecule has 0 saturated carbocycles. The highest BCUT2D eigenvalue weighted by Crippen LogP contribution is 2.10. The summed E-state index contributed by atoms with van der Waals surface area (Å²) in [6, 6.07) is 4.53. The fourth-order valence-corrected chi connectivity index (χ4v) is 1.91. The van der Waals surface area contributed by atoms with Gasteiger partial charge in [-0.3, -0.25) is 4.72 Å². The Balaban J connectivity index is 2.99. The summed E-state index contributed by atoms with van der Waals surface area (Å²) in [5.41, 5.74) is 1.40. The zero-order chi connectivity index (χ0) is 12.3. The van der Waals surface area contributed by atoms with Gasteiger partial charge in [-0.15, -0.1) is 0 Å². The molecule has 1 aromatic rings. The zero-order valence-corrected chi connectivity index (χ0v) is 9.95. The van der Waals surface area contributed by atoms with E-state index in [2.05, 4.69) is 4.72 Å². The maximum Gasteiger partial charge on any atom is 0.488 e. The molecule has 0 spiro atoms. The molecule has 1 rings (SSSR count). The van der Waals surface area contributed by atoms with Crippen molar-refractivity contribution < 1.29 is 18.5 Å². The van der Waals surface area contributed by atoms with Crippen LogP contribution in [-0.4, -0.2) is 31.3 Å². The number of anilines is 1. The summed E-state index contributed by atoms with van der Waals surface area (Å²) in [6.07, 6.45) is 0. The standard InChI is InChI=1S/C9H14BNO4S/c1-3-16(14,15)11-8-4-5-9(10(12)13)7(2)6-8/h4-6,11-13H,3H2,1-2H3. The third kappa shape index (κ3) is 3.23. The Morgan fingerprint density at radius 2 is 2.00 bits per heavy atom. The summed E-state index contributed by atoms with van der Waals surface area (Å²) < 4.78 is 25.0. The van der Waals surface area contributed by atoms with Crippen molar-refractivity contribution in [3.05, 3.63) is 23.8 Å². The van der Waals surface area contributed by atoms with E-state index in [0.717, 1.165) is 0 Å². The van der Waals surface area contributed by atoms with E-state index >= 15 is 0 Å². The van der Waals surface area contributed by atoms with Crippen molar-refractivity contribution in [3.63, 3.8) is 0 Å². The summed E-state index contributed by atoms with van der Waals surface area (Å²) in [6.45, 7) is 3.22. The quantitative estimate of drug-likeness (QED) is 0.618. The van der Waals surface area contributed by atoms with E-state index in [0.29, 0.717) is 16.7 Å². The second-order valence-corrected chi connectivity index (χ2v) is 5.46. The van der Waals surface area contributed by atoms with Gasteiger partial charge < -0.3 is 10.0 Å². The average Bonchev–Trinajstić information content (AvgIpc) is 2.16. The molecule has 0 saturated heterocycles. The molecular weight excluding hydrogens is 229 g/mol. The van der Waals surface area contributed by atoms with Crippen LogP contribution in [0.5, 0.6) is 0 Å². The monoisotopic (exact) mass is 243 g/mol. The molecule has 0 aliphatic rings. The van der Waals surface area contributed by atoms with Crippen LogP contribution in [0.15, 0.2) is 18.2 Å². The molecular formula is C9H14BNO4S. The summed E-state index contributed by atoms with van der Waals surface area (Å²) in [7, 11) is -4.84. The van der Waals surface area contributed by atoms with E-state index in [9.17, 15) is 8.42 Å². The molecule has 88 valence electrons. The van der Waals surface area contributed by atoms with E-state index in [1.807, 2.05) is 0 Å². The lowest BCUT2D eigenvalue weighted by Gasteiger charge is -2.09. The first-order chi connectivity index (χ1) is 7.35. The van der Waals surface area contributed by atoms with Gasteiger partial charge in [0.1, 0.15) is 0 Å². The molecule has 16 heavy (non-hydrogen) atoms. The number of nitrogens with one attached hydrogen (secondary N) is 1. The van der Waals surface area contributed by atoms with E-state index in [1.54, 1.807) is 19.9 Å². The van der Waals surface area contributed by atoms with Crippen LogP contribution in [0.3, 0.4) is 0 Å². The van der Waals surface area contributed by atoms with Crippen LogP contribution in [0.1, 0.15) is 12.5 Å². The minimum Gasteiger partial charge on any atom is -0.423 e. The summed E-state index contributed by atoms with van der Waals surface area (Å²) in [5, 5.41) is 18.0. The van der Waals surface area contributed by atoms with Crippen molar-refractivity contribution >= 4 is 28.3 Å². The topological polar surface area (TPSA) is 86.6 Å². The van der Waals surface area contributed by atoms with Gasteiger partial charge in [-0.25, -0.2) is 8.42 Å². The predicted octanol–water partition coefficient (Wildman–Crippen LogP) is -0.564. The van der Waals surface area contributed by atoms with Gasteiger partial charge in [-0.1, -0.05) is 6.07 Å². The van der Waals surface area contributed by atoms with Crippen LogP contribution in [0.25, 0.3) is 0 Å². The van der Waals surface area contributed by atoms with Crippen molar-refractivity contribution in [3.8, 4) is 0 Å². The minimum absolute atomic E-state index is 0.00355. The summed E-state index contributed by atoms with van der Waals surface area (Å²) >= 11 is 0. The highest BCUT2D eigenvalue weighted by Gasteiger charge is 2.14. The summed E-state index contributed by atoms with van der Waals surface area (Å²) in [5.74, 6) is -0.00355. The van der Waals surface area contributed by atoms with Gasteiger partial charge >= 0.3 is 7.12 Å². The predicted molar refractivity (Wildman–Crippen MR) is 64.1 cm³/mol. The third-order valence-electron chi connectivity index (χ3n) is 2.20. The van der Waals surface area contributed by atoms with Gasteiger partial charge in [-0.05, 0) is 37.0 Å².